The number of nitrogens with zero attached hydrogens (tertiary/aromatic N) is 1. The molecule has 0 spiro atoms. The fraction of sp³-hybridized carbons (Fsp3) is 1.00. The van der Waals surface area contributed by atoms with Gasteiger partial charge in [0.2, 0.25) is 10.0 Å². The predicted molar refractivity (Wildman–Crippen MR) is 61.1 cm³/mol. The van der Waals surface area contributed by atoms with E-state index in [1.165, 1.54) is 0 Å². The molecule has 15 heavy (non-hydrogen) atoms. The van der Waals surface area contributed by atoms with Crippen LogP contribution >= 0.6 is 0 Å². The third-order valence-corrected chi connectivity index (χ3v) is 6.40. The van der Waals surface area contributed by atoms with Crippen molar-refractivity contribution < 1.29 is 8.42 Å². The molecule has 0 aromatic carbocycles. The van der Waals surface area contributed by atoms with Crippen molar-refractivity contribution in [2.24, 2.45) is 5.92 Å². The summed E-state index contributed by atoms with van der Waals surface area (Å²) >= 11 is 0. The average Bonchev–Trinajstić information content (AvgIpc) is 2.27. The van der Waals surface area contributed by atoms with Crippen LogP contribution in [0.4, 0.5) is 0 Å². The first-order chi connectivity index (χ1) is 6.74. The Labute approximate surface area is 92.9 Å². The molecule has 1 aliphatic carbocycles. The lowest BCUT2D eigenvalue weighted by Crippen LogP contribution is -2.48. The van der Waals surface area contributed by atoms with E-state index in [9.17, 15) is 8.42 Å². The third-order valence-electron chi connectivity index (χ3n) is 3.76. The molecule has 2 rings (SSSR count). The summed E-state index contributed by atoms with van der Waals surface area (Å²) in [4.78, 5) is 0. The van der Waals surface area contributed by atoms with Crippen LogP contribution in [0.25, 0.3) is 0 Å². The second-order valence-corrected chi connectivity index (χ2v) is 8.08. The molecular weight excluding hydrogens is 210 g/mol. The summed E-state index contributed by atoms with van der Waals surface area (Å²) in [5, 5.41) is -0.0991. The lowest BCUT2D eigenvalue weighted by atomic mass is 9.84. The molecule has 0 aromatic rings. The molecule has 1 aliphatic heterocycles. The van der Waals surface area contributed by atoms with Gasteiger partial charge >= 0.3 is 0 Å². The van der Waals surface area contributed by atoms with Gasteiger partial charge < -0.3 is 0 Å². The minimum Gasteiger partial charge on any atom is -0.212 e. The Bertz CT molecular complexity index is 355. The van der Waals surface area contributed by atoms with Crippen LogP contribution in [-0.2, 0) is 10.0 Å². The smallest absolute Gasteiger partial charge is 0.212 e. The van der Waals surface area contributed by atoms with E-state index in [1.807, 2.05) is 20.8 Å². The van der Waals surface area contributed by atoms with E-state index in [2.05, 4.69) is 6.92 Å². The van der Waals surface area contributed by atoms with Crippen molar-refractivity contribution in [3.8, 4) is 0 Å². The lowest BCUT2D eigenvalue weighted by molar-refractivity contribution is 0.148. The summed E-state index contributed by atoms with van der Waals surface area (Å²) in [5.41, 5.74) is -0.267. The molecule has 0 N–H and O–H groups in total. The van der Waals surface area contributed by atoms with Gasteiger partial charge in [0.15, 0.2) is 0 Å². The molecule has 0 amide bonds. The summed E-state index contributed by atoms with van der Waals surface area (Å²) in [6, 6.07) is 0.244. The molecule has 2 aliphatic rings. The Balaban J connectivity index is 2.44. The molecule has 0 radical (unpaired) electrons. The predicted octanol–water partition coefficient (Wildman–Crippen LogP) is 1.99. The first kappa shape index (κ1) is 11.4. The third kappa shape index (κ3) is 1.62. The van der Waals surface area contributed by atoms with Gasteiger partial charge in [0, 0.05) is 11.6 Å². The van der Waals surface area contributed by atoms with Crippen LogP contribution in [0.5, 0.6) is 0 Å². The van der Waals surface area contributed by atoms with E-state index in [0.717, 1.165) is 19.3 Å². The van der Waals surface area contributed by atoms with Crippen LogP contribution in [0.15, 0.2) is 0 Å². The van der Waals surface area contributed by atoms with Crippen molar-refractivity contribution in [3.63, 3.8) is 0 Å². The Morgan fingerprint density at radius 1 is 1.20 bits per heavy atom. The highest BCUT2D eigenvalue weighted by Gasteiger charge is 2.53. The van der Waals surface area contributed by atoms with Gasteiger partial charge in [-0.15, -0.1) is 0 Å². The molecule has 1 heterocycles. The summed E-state index contributed by atoms with van der Waals surface area (Å²) in [5.74, 6) is 0.512. The fourth-order valence-electron chi connectivity index (χ4n) is 3.09. The maximum Gasteiger partial charge on any atom is 0.217 e. The van der Waals surface area contributed by atoms with Gasteiger partial charge in [-0.05, 0) is 46.0 Å². The average molecular weight is 231 g/mol. The van der Waals surface area contributed by atoms with Gasteiger partial charge in [0.05, 0.1) is 5.25 Å². The van der Waals surface area contributed by atoms with Crippen LogP contribution in [0.2, 0.25) is 0 Å². The highest BCUT2D eigenvalue weighted by Crippen LogP contribution is 2.44. The molecular formula is C11H21NO2S. The van der Waals surface area contributed by atoms with Crippen molar-refractivity contribution >= 4 is 10.0 Å². The lowest BCUT2D eigenvalue weighted by Gasteiger charge is -2.37. The van der Waals surface area contributed by atoms with E-state index in [-0.39, 0.29) is 16.8 Å². The largest absolute Gasteiger partial charge is 0.217 e. The minimum absolute atomic E-state index is 0.0991. The monoisotopic (exact) mass is 231 g/mol. The Morgan fingerprint density at radius 2 is 1.80 bits per heavy atom. The molecule has 4 heteroatoms. The van der Waals surface area contributed by atoms with Crippen molar-refractivity contribution in [1.82, 2.24) is 4.31 Å². The SMILES string of the molecule is CC1CCC2CC1N(C(C)(C)C)S2(=O)=O. The number of hydrogen-bond acceptors (Lipinski definition) is 2. The van der Waals surface area contributed by atoms with Crippen LogP contribution in [0.3, 0.4) is 0 Å². The molecule has 3 atom stereocenters. The van der Waals surface area contributed by atoms with Crippen LogP contribution < -0.4 is 0 Å². The normalized spacial score (nSPS) is 40.7. The van der Waals surface area contributed by atoms with Gasteiger partial charge in [0.25, 0.3) is 0 Å². The van der Waals surface area contributed by atoms with Gasteiger partial charge in [0.1, 0.15) is 0 Å². The molecule has 2 fully saturated rings. The molecule has 88 valence electrons. The summed E-state index contributed by atoms with van der Waals surface area (Å²) in [6.45, 7) is 8.17. The van der Waals surface area contributed by atoms with Gasteiger partial charge in [-0.25, -0.2) is 8.42 Å². The Kier molecular flexibility index (Phi) is 2.43. The van der Waals surface area contributed by atoms with Gasteiger partial charge in [-0.1, -0.05) is 6.92 Å². The Morgan fingerprint density at radius 3 is 2.33 bits per heavy atom. The number of fused-ring (bicyclic) bond motifs is 2. The highest BCUT2D eigenvalue weighted by atomic mass is 32.2. The quantitative estimate of drug-likeness (QED) is 0.639. The summed E-state index contributed by atoms with van der Waals surface area (Å²) in [6.07, 6.45) is 2.76. The van der Waals surface area contributed by atoms with Gasteiger partial charge in [-0.2, -0.15) is 4.31 Å². The van der Waals surface area contributed by atoms with E-state index < -0.39 is 10.0 Å². The maximum absolute atomic E-state index is 12.3. The summed E-state index contributed by atoms with van der Waals surface area (Å²) in [7, 11) is -3.02. The first-order valence-electron chi connectivity index (χ1n) is 5.78. The molecule has 1 saturated carbocycles. The van der Waals surface area contributed by atoms with E-state index in [1.54, 1.807) is 4.31 Å². The van der Waals surface area contributed by atoms with Crippen molar-refractivity contribution in [2.75, 3.05) is 0 Å². The number of hydrogen-bond donors (Lipinski definition) is 0. The molecule has 1 saturated heterocycles. The molecule has 2 bridgehead atoms. The van der Waals surface area contributed by atoms with Crippen molar-refractivity contribution in [3.05, 3.63) is 0 Å². The van der Waals surface area contributed by atoms with Gasteiger partial charge in [-0.3, -0.25) is 0 Å². The van der Waals surface area contributed by atoms with E-state index >= 15 is 0 Å². The second-order valence-electron chi connectivity index (χ2n) is 5.99. The second kappa shape index (κ2) is 3.20. The summed E-state index contributed by atoms with van der Waals surface area (Å²) < 4.78 is 26.4. The van der Waals surface area contributed by atoms with E-state index in [0.29, 0.717) is 5.92 Å². The van der Waals surface area contributed by atoms with Crippen molar-refractivity contribution in [1.29, 1.82) is 0 Å². The minimum atomic E-state index is -3.02. The molecule has 3 nitrogen and oxygen atoms in total. The molecule has 3 unspecified atom stereocenters. The standard InChI is InChI=1S/C11H21NO2S/c1-8-5-6-9-7-10(8)12(11(2,3)4)15(9,13)14/h8-10H,5-7H2,1-4H3. The van der Waals surface area contributed by atoms with Crippen LogP contribution in [0, 0.1) is 5.92 Å². The van der Waals surface area contributed by atoms with E-state index in [4.69, 9.17) is 0 Å². The molecule has 0 aromatic heterocycles. The van der Waals surface area contributed by atoms with Crippen molar-refractivity contribution in [2.45, 2.75) is 63.8 Å². The zero-order valence-electron chi connectivity index (χ0n) is 10.0. The first-order valence-corrected chi connectivity index (χ1v) is 7.28. The number of sulfonamides is 1. The zero-order valence-corrected chi connectivity index (χ0v) is 10.8. The Hall–Kier alpha value is -0.0900. The highest BCUT2D eigenvalue weighted by molar-refractivity contribution is 7.90. The number of rotatable bonds is 0. The van der Waals surface area contributed by atoms with Crippen LogP contribution in [0.1, 0.15) is 47.0 Å². The zero-order chi connectivity index (χ0) is 11.4. The van der Waals surface area contributed by atoms with Crippen LogP contribution in [-0.4, -0.2) is 29.6 Å². The topological polar surface area (TPSA) is 37.4 Å². The fourth-order valence-corrected chi connectivity index (χ4v) is 5.72. The maximum atomic E-state index is 12.3.